The Hall–Kier alpha value is -2.05. The minimum absolute atomic E-state index is 0.192. The first-order chi connectivity index (χ1) is 7.46. The number of nitrogens with zero attached hydrogens (tertiary/aromatic N) is 2. The lowest BCUT2D eigenvalue weighted by molar-refractivity contribution is -0.291. The van der Waals surface area contributed by atoms with Crippen LogP contribution < -0.4 is 0 Å². The molecule has 0 aliphatic carbocycles. The highest BCUT2D eigenvalue weighted by Crippen LogP contribution is 2.18. The number of esters is 1. The molecule has 2 heterocycles. The number of alkyl halides is 3. The average molecular weight is 230 g/mol. The molecule has 84 valence electrons. The van der Waals surface area contributed by atoms with Crippen molar-refractivity contribution in [3.05, 3.63) is 36.3 Å². The summed E-state index contributed by atoms with van der Waals surface area (Å²) in [4.78, 5) is 14.9. The van der Waals surface area contributed by atoms with Crippen molar-refractivity contribution in [1.29, 1.82) is 0 Å². The lowest BCUT2D eigenvalue weighted by atomic mass is 10.3. The number of fused-ring (bicyclic) bond motifs is 1. The molecule has 0 aromatic carbocycles. The Morgan fingerprint density at radius 3 is 2.81 bits per heavy atom. The van der Waals surface area contributed by atoms with Crippen LogP contribution in [0.4, 0.5) is 13.2 Å². The number of rotatable bonds is 1. The van der Waals surface area contributed by atoms with E-state index in [1.807, 2.05) is 0 Å². The fraction of sp³-hybridized carbons (Fsp3) is 0.111. The van der Waals surface area contributed by atoms with Gasteiger partial charge in [0.15, 0.2) is 0 Å². The van der Waals surface area contributed by atoms with E-state index < -0.39 is 12.3 Å². The Bertz CT molecular complexity index is 533. The molecule has 0 N–H and O–H groups in total. The highest BCUT2D eigenvalue weighted by molar-refractivity contribution is 5.89. The van der Waals surface area contributed by atoms with Gasteiger partial charge in [0.05, 0.1) is 5.56 Å². The van der Waals surface area contributed by atoms with Gasteiger partial charge in [0.1, 0.15) is 5.65 Å². The smallest absolute Gasteiger partial charge is 0.369 e. The summed E-state index contributed by atoms with van der Waals surface area (Å²) in [7, 11) is 0. The monoisotopic (exact) mass is 230 g/mol. The molecule has 0 fully saturated rings. The number of carbonyl (C=O) groups excluding carboxylic acids is 1. The first kappa shape index (κ1) is 10.5. The normalized spacial score (nSPS) is 11.7. The van der Waals surface area contributed by atoms with Gasteiger partial charge in [-0.3, -0.25) is 0 Å². The zero-order valence-electron chi connectivity index (χ0n) is 7.73. The molecular weight excluding hydrogens is 225 g/mol. The number of hydrogen-bond acceptors (Lipinski definition) is 3. The average Bonchev–Trinajstić information content (AvgIpc) is 2.61. The van der Waals surface area contributed by atoms with Crippen molar-refractivity contribution >= 4 is 11.6 Å². The zero-order chi connectivity index (χ0) is 11.8. The summed E-state index contributed by atoms with van der Waals surface area (Å²) < 4.78 is 40.1. The van der Waals surface area contributed by atoms with Crippen LogP contribution in [0.5, 0.6) is 0 Å². The number of aromatic nitrogens is 2. The molecule has 7 heteroatoms. The quantitative estimate of drug-likeness (QED) is 0.704. The van der Waals surface area contributed by atoms with Crippen molar-refractivity contribution in [2.24, 2.45) is 0 Å². The summed E-state index contributed by atoms with van der Waals surface area (Å²) in [6.07, 6.45) is -0.773. The molecule has 0 aliphatic rings. The van der Waals surface area contributed by atoms with Gasteiger partial charge in [-0.05, 0) is 12.1 Å². The van der Waals surface area contributed by atoms with E-state index in [9.17, 15) is 18.0 Å². The van der Waals surface area contributed by atoms with Gasteiger partial charge in [0, 0.05) is 18.6 Å². The summed E-state index contributed by atoms with van der Waals surface area (Å²) in [6, 6.07) is 2.64. The van der Waals surface area contributed by atoms with E-state index in [0.717, 1.165) is 0 Å². The first-order valence-corrected chi connectivity index (χ1v) is 4.18. The summed E-state index contributed by atoms with van der Waals surface area (Å²) in [6.45, 7) is 0. The predicted molar refractivity (Wildman–Crippen MR) is 46.7 cm³/mol. The first-order valence-electron chi connectivity index (χ1n) is 4.18. The maximum Gasteiger partial charge on any atom is 0.575 e. The highest BCUT2D eigenvalue weighted by Gasteiger charge is 2.34. The SMILES string of the molecule is O=C(OC(F)(F)F)c1ccc2nccn2c1. The minimum Gasteiger partial charge on any atom is -0.369 e. The fourth-order valence-corrected chi connectivity index (χ4v) is 1.20. The van der Waals surface area contributed by atoms with Crippen LogP contribution in [0.25, 0.3) is 5.65 Å². The fourth-order valence-electron chi connectivity index (χ4n) is 1.20. The van der Waals surface area contributed by atoms with Gasteiger partial charge in [-0.25, -0.2) is 9.78 Å². The van der Waals surface area contributed by atoms with Crippen LogP contribution in [-0.2, 0) is 4.74 Å². The van der Waals surface area contributed by atoms with Crippen LogP contribution in [0, 0.1) is 0 Å². The van der Waals surface area contributed by atoms with E-state index >= 15 is 0 Å². The molecule has 2 aromatic heterocycles. The summed E-state index contributed by atoms with van der Waals surface area (Å²) >= 11 is 0. The molecule has 0 radical (unpaired) electrons. The maximum atomic E-state index is 11.8. The van der Waals surface area contributed by atoms with Crippen molar-refractivity contribution in [2.45, 2.75) is 6.36 Å². The number of halogens is 3. The lowest BCUT2D eigenvalue weighted by Gasteiger charge is -2.07. The lowest BCUT2D eigenvalue weighted by Crippen LogP contribution is -2.19. The molecule has 0 saturated heterocycles. The second-order valence-corrected chi connectivity index (χ2v) is 2.95. The van der Waals surface area contributed by atoms with Gasteiger partial charge in [-0.1, -0.05) is 0 Å². The van der Waals surface area contributed by atoms with E-state index in [1.54, 1.807) is 0 Å². The van der Waals surface area contributed by atoms with Crippen molar-refractivity contribution in [1.82, 2.24) is 9.38 Å². The van der Waals surface area contributed by atoms with Gasteiger partial charge in [0.25, 0.3) is 0 Å². The highest BCUT2D eigenvalue weighted by atomic mass is 19.4. The molecule has 0 aliphatic heterocycles. The number of carbonyl (C=O) groups is 1. The van der Waals surface area contributed by atoms with Gasteiger partial charge in [-0.2, -0.15) is 0 Å². The molecule has 2 aromatic rings. The van der Waals surface area contributed by atoms with Crippen LogP contribution in [0.15, 0.2) is 30.7 Å². The number of ether oxygens (including phenoxy) is 1. The van der Waals surface area contributed by atoms with Crippen LogP contribution >= 0.6 is 0 Å². The molecule has 0 spiro atoms. The van der Waals surface area contributed by atoms with Crippen molar-refractivity contribution in [2.75, 3.05) is 0 Å². The molecule has 0 saturated carbocycles. The second-order valence-electron chi connectivity index (χ2n) is 2.95. The van der Waals surface area contributed by atoms with Gasteiger partial charge >= 0.3 is 12.3 Å². The van der Waals surface area contributed by atoms with Crippen LogP contribution in [0.3, 0.4) is 0 Å². The van der Waals surface area contributed by atoms with Crippen molar-refractivity contribution < 1.29 is 22.7 Å². The Labute approximate surface area is 87.3 Å². The summed E-state index contributed by atoms with van der Waals surface area (Å²) in [5.74, 6) is -1.44. The maximum absolute atomic E-state index is 11.8. The third-order valence-electron chi connectivity index (χ3n) is 1.83. The van der Waals surface area contributed by atoms with E-state index in [1.165, 1.54) is 35.1 Å². The van der Waals surface area contributed by atoms with Crippen molar-refractivity contribution in [3.8, 4) is 0 Å². The standard InChI is InChI=1S/C9H5F3N2O2/c10-9(11,12)16-8(15)6-1-2-7-13-3-4-14(7)5-6/h1-5H. The minimum atomic E-state index is -4.97. The topological polar surface area (TPSA) is 43.6 Å². The number of hydrogen-bond donors (Lipinski definition) is 0. The molecule has 0 amide bonds. The molecule has 0 bridgehead atoms. The summed E-state index contributed by atoms with van der Waals surface area (Å²) in [5.41, 5.74) is 0.339. The van der Waals surface area contributed by atoms with Gasteiger partial charge < -0.3 is 9.14 Å². The largest absolute Gasteiger partial charge is 0.575 e. The van der Waals surface area contributed by atoms with Crippen LogP contribution in [-0.4, -0.2) is 21.7 Å². The molecule has 0 atom stereocenters. The van der Waals surface area contributed by atoms with Gasteiger partial charge in [0.2, 0.25) is 0 Å². The summed E-state index contributed by atoms with van der Waals surface area (Å²) in [5, 5.41) is 0. The molecule has 0 unspecified atom stereocenters. The van der Waals surface area contributed by atoms with Crippen LogP contribution in [0.1, 0.15) is 10.4 Å². The number of imidazole rings is 1. The van der Waals surface area contributed by atoms with E-state index in [2.05, 4.69) is 9.72 Å². The third kappa shape index (κ3) is 2.13. The number of pyridine rings is 1. The Balaban J connectivity index is 2.29. The van der Waals surface area contributed by atoms with E-state index in [-0.39, 0.29) is 5.56 Å². The Morgan fingerprint density at radius 2 is 2.12 bits per heavy atom. The predicted octanol–water partition coefficient (Wildman–Crippen LogP) is 2.01. The second kappa shape index (κ2) is 3.51. The van der Waals surface area contributed by atoms with Gasteiger partial charge in [-0.15, -0.1) is 13.2 Å². The van der Waals surface area contributed by atoms with Crippen molar-refractivity contribution in [3.63, 3.8) is 0 Å². The Kier molecular flexibility index (Phi) is 2.30. The third-order valence-corrected chi connectivity index (χ3v) is 1.83. The zero-order valence-corrected chi connectivity index (χ0v) is 7.73. The van der Waals surface area contributed by atoms with E-state index in [0.29, 0.717) is 5.65 Å². The molecule has 16 heavy (non-hydrogen) atoms. The van der Waals surface area contributed by atoms with E-state index in [4.69, 9.17) is 0 Å². The molecular formula is C9H5F3N2O2. The molecule has 4 nitrogen and oxygen atoms in total. The Morgan fingerprint density at radius 1 is 1.38 bits per heavy atom. The molecule has 2 rings (SSSR count). The van der Waals surface area contributed by atoms with Crippen LogP contribution in [0.2, 0.25) is 0 Å².